The number of ether oxygens (including phenoxy) is 1. The van der Waals surface area contributed by atoms with Crippen molar-refractivity contribution in [3.05, 3.63) is 36.0 Å². The minimum absolute atomic E-state index is 0.400. The fraction of sp³-hybridized carbons (Fsp3) is 0.333. The summed E-state index contributed by atoms with van der Waals surface area (Å²) in [4.78, 5) is 4.42. The van der Waals surface area contributed by atoms with E-state index in [9.17, 15) is 0 Å². The van der Waals surface area contributed by atoms with Crippen molar-refractivity contribution in [1.29, 1.82) is 5.26 Å². The van der Waals surface area contributed by atoms with Crippen LogP contribution in [-0.2, 0) is 11.3 Å². The average molecular weight is 287 g/mol. The summed E-state index contributed by atoms with van der Waals surface area (Å²) < 4.78 is 7.27. The van der Waals surface area contributed by atoms with Gasteiger partial charge in [-0.05, 0) is 12.5 Å². The number of methoxy groups -OCH3 is 1. The summed E-state index contributed by atoms with van der Waals surface area (Å²) in [6.45, 7) is 3.42. The zero-order valence-electron chi connectivity index (χ0n) is 11.7. The molecule has 2 aromatic rings. The van der Waals surface area contributed by atoms with Crippen LogP contribution in [0.25, 0.3) is 11.3 Å². The first-order valence-electron chi connectivity index (χ1n) is 6.37. The molecule has 0 aliphatic heterocycles. The van der Waals surface area contributed by atoms with Crippen molar-refractivity contribution in [1.82, 2.24) is 9.55 Å². The van der Waals surface area contributed by atoms with Crippen molar-refractivity contribution < 1.29 is 4.74 Å². The Bertz CT molecular complexity index is 599. The second-order valence-corrected chi connectivity index (χ2v) is 5.33. The molecule has 0 fully saturated rings. The van der Waals surface area contributed by atoms with Gasteiger partial charge in [-0.1, -0.05) is 41.6 Å². The number of aromatic nitrogens is 2. The monoisotopic (exact) mass is 287 g/mol. The van der Waals surface area contributed by atoms with Crippen molar-refractivity contribution in [3.63, 3.8) is 0 Å². The Labute approximate surface area is 123 Å². The summed E-state index contributed by atoms with van der Waals surface area (Å²) in [5.74, 6) is 0.400. The summed E-state index contributed by atoms with van der Waals surface area (Å²) in [7, 11) is 1.69. The van der Waals surface area contributed by atoms with Gasteiger partial charge < -0.3 is 9.30 Å². The van der Waals surface area contributed by atoms with Gasteiger partial charge in [0.15, 0.2) is 5.16 Å². The molecule has 0 saturated carbocycles. The Morgan fingerprint density at radius 2 is 2.10 bits per heavy atom. The third-order valence-electron chi connectivity index (χ3n) is 2.95. The van der Waals surface area contributed by atoms with Crippen molar-refractivity contribution in [2.45, 2.75) is 18.6 Å². The topological polar surface area (TPSA) is 50.8 Å². The van der Waals surface area contributed by atoms with E-state index in [1.165, 1.54) is 17.3 Å². The molecule has 4 nitrogen and oxygen atoms in total. The first-order valence-corrected chi connectivity index (χ1v) is 7.36. The standard InChI is InChI=1S/C15H17N3OS/c1-12-3-5-13(6-4-12)14-11-17-15(20-10-7-16)18(14)8-9-19-2/h3-6,11H,8-10H2,1-2H3. The number of benzene rings is 1. The van der Waals surface area contributed by atoms with Crippen molar-refractivity contribution >= 4 is 11.8 Å². The van der Waals surface area contributed by atoms with Gasteiger partial charge in [-0.25, -0.2) is 4.98 Å². The van der Waals surface area contributed by atoms with Crippen molar-refractivity contribution in [2.75, 3.05) is 19.5 Å². The number of nitrogens with zero attached hydrogens (tertiary/aromatic N) is 3. The van der Waals surface area contributed by atoms with Crippen LogP contribution in [0.15, 0.2) is 35.6 Å². The van der Waals surface area contributed by atoms with Gasteiger partial charge in [-0.15, -0.1) is 0 Å². The third-order valence-corrected chi connectivity index (χ3v) is 3.81. The van der Waals surface area contributed by atoms with Gasteiger partial charge in [0.25, 0.3) is 0 Å². The van der Waals surface area contributed by atoms with E-state index in [1.54, 1.807) is 7.11 Å². The summed E-state index contributed by atoms with van der Waals surface area (Å²) in [6.07, 6.45) is 1.86. The zero-order chi connectivity index (χ0) is 14.4. The lowest BCUT2D eigenvalue weighted by Gasteiger charge is -2.11. The SMILES string of the molecule is COCCn1c(-c2ccc(C)cc2)cnc1SCC#N. The molecule has 1 aromatic carbocycles. The highest BCUT2D eigenvalue weighted by atomic mass is 32.2. The van der Waals surface area contributed by atoms with E-state index in [4.69, 9.17) is 10.00 Å². The van der Waals surface area contributed by atoms with Crippen LogP contribution in [0.1, 0.15) is 5.56 Å². The van der Waals surface area contributed by atoms with E-state index in [2.05, 4.69) is 46.8 Å². The second-order valence-electron chi connectivity index (χ2n) is 4.38. The summed E-state index contributed by atoms with van der Waals surface area (Å²) >= 11 is 1.45. The molecule has 20 heavy (non-hydrogen) atoms. The quantitative estimate of drug-likeness (QED) is 0.766. The first-order chi connectivity index (χ1) is 9.76. The van der Waals surface area contributed by atoms with Gasteiger partial charge in [0.1, 0.15) is 0 Å². The molecule has 104 valence electrons. The molecule has 0 radical (unpaired) electrons. The summed E-state index contributed by atoms with van der Waals surface area (Å²) in [5, 5.41) is 9.58. The van der Waals surface area contributed by atoms with Gasteiger partial charge in [0, 0.05) is 13.7 Å². The van der Waals surface area contributed by atoms with E-state index in [1.807, 2.05) is 6.20 Å². The van der Waals surface area contributed by atoms with Crippen molar-refractivity contribution in [2.24, 2.45) is 0 Å². The van der Waals surface area contributed by atoms with Crippen LogP contribution in [0.5, 0.6) is 0 Å². The number of rotatable bonds is 6. The van der Waals surface area contributed by atoms with Crippen LogP contribution < -0.4 is 0 Å². The van der Waals surface area contributed by atoms with Crippen LogP contribution in [0, 0.1) is 18.3 Å². The number of hydrogen-bond donors (Lipinski definition) is 0. The molecule has 0 unspecified atom stereocenters. The van der Waals surface area contributed by atoms with Gasteiger partial charge in [0.2, 0.25) is 0 Å². The Morgan fingerprint density at radius 1 is 1.35 bits per heavy atom. The van der Waals surface area contributed by atoms with Gasteiger partial charge >= 0.3 is 0 Å². The molecule has 1 heterocycles. The number of hydrogen-bond acceptors (Lipinski definition) is 4. The minimum atomic E-state index is 0.400. The van der Waals surface area contributed by atoms with Crippen LogP contribution in [0.2, 0.25) is 0 Å². The number of thioether (sulfide) groups is 1. The fourth-order valence-electron chi connectivity index (χ4n) is 1.92. The van der Waals surface area contributed by atoms with Crippen LogP contribution in [0.3, 0.4) is 0 Å². The number of nitriles is 1. The van der Waals surface area contributed by atoms with E-state index < -0.39 is 0 Å². The Kier molecular flexibility index (Phi) is 5.22. The lowest BCUT2D eigenvalue weighted by molar-refractivity contribution is 0.185. The Hall–Kier alpha value is -1.77. The first kappa shape index (κ1) is 14.6. The molecule has 5 heteroatoms. The van der Waals surface area contributed by atoms with Gasteiger partial charge in [0.05, 0.1) is 30.3 Å². The summed E-state index contributed by atoms with van der Waals surface area (Å²) in [5.41, 5.74) is 3.42. The van der Waals surface area contributed by atoms with Crippen molar-refractivity contribution in [3.8, 4) is 17.3 Å². The highest BCUT2D eigenvalue weighted by molar-refractivity contribution is 7.99. The average Bonchev–Trinajstić information content (AvgIpc) is 2.86. The predicted molar refractivity (Wildman–Crippen MR) is 80.6 cm³/mol. The molecule has 0 aliphatic rings. The molecule has 0 N–H and O–H groups in total. The predicted octanol–water partition coefficient (Wildman–Crippen LogP) is 3.12. The number of aryl methyl sites for hydroxylation is 1. The maximum Gasteiger partial charge on any atom is 0.169 e. The molecule has 0 spiro atoms. The van der Waals surface area contributed by atoms with E-state index in [0.29, 0.717) is 12.4 Å². The van der Waals surface area contributed by atoms with E-state index in [-0.39, 0.29) is 0 Å². The van der Waals surface area contributed by atoms with Crippen LogP contribution in [-0.4, -0.2) is 29.0 Å². The normalized spacial score (nSPS) is 10.4. The van der Waals surface area contributed by atoms with Crippen LogP contribution >= 0.6 is 11.8 Å². The fourth-order valence-corrected chi connectivity index (χ4v) is 2.59. The maximum atomic E-state index is 8.72. The molecule has 0 aliphatic carbocycles. The number of imidazole rings is 1. The highest BCUT2D eigenvalue weighted by Crippen LogP contribution is 2.26. The lowest BCUT2D eigenvalue weighted by atomic mass is 10.1. The molecular formula is C15H17N3OS. The zero-order valence-corrected chi connectivity index (χ0v) is 12.5. The van der Waals surface area contributed by atoms with E-state index in [0.717, 1.165) is 23.0 Å². The molecule has 2 rings (SSSR count). The Morgan fingerprint density at radius 3 is 2.75 bits per heavy atom. The van der Waals surface area contributed by atoms with E-state index >= 15 is 0 Å². The lowest BCUT2D eigenvalue weighted by Crippen LogP contribution is -2.07. The summed E-state index contributed by atoms with van der Waals surface area (Å²) in [6, 6.07) is 10.5. The second kappa shape index (κ2) is 7.13. The van der Waals surface area contributed by atoms with Gasteiger partial charge in [-0.3, -0.25) is 0 Å². The Balaban J connectivity index is 2.33. The third kappa shape index (κ3) is 3.41. The molecule has 0 bridgehead atoms. The van der Waals surface area contributed by atoms with Crippen LogP contribution in [0.4, 0.5) is 0 Å². The molecule has 1 aromatic heterocycles. The molecule has 0 amide bonds. The highest BCUT2D eigenvalue weighted by Gasteiger charge is 2.11. The molecule has 0 atom stereocenters. The molecule has 0 saturated heterocycles. The minimum Gasteiger partial charge on any atom is -0.383 e. The van der Waals surface area contributed by atoms with Gasteiger partial charge in [-0.2, -0.15) is 5.26 Å². The molecular weight excluding hydrogens is 270 g/mol. The smallest absolute Gasteiger partial charge is 0.169 e. The maximum absolute atomic E-state index is 8.72. The largest absolute Gasteiger partial charge is 0.383 e.